The standard InChI is InChI=1S/C19H42NS.ClH/c1-5-7-9-11-13-15-17-20(3,19-21-4)18-16-14-12-10-8-6-2;/h5-19H2,1-4H3;1H/q+1;/p-1. The smallest absolute Gasteiger partial charge is 0.125 e. The van der Waals surface area contributed by atoms with Crippen molar-refractivity contribution in [3.63, 3.8) is 0 Å². The van der Waals surface area contributed by atoms with E-state index < -0.39 is 0 Å². The maximum Gasteiger partial charge on any atom is 0.125 e. The molecular formula is C19H42ClNS. The van der Waals surface area contributed by atoms with Gasteiger partial charge in [-0.05, 0) is 31.9 Å². The summed E-state index contributed by atoms with van der Waals surface area (Å²) in [5.74, 6) is 1.30. The van der Waals surface area contributed by atoms with Gasteiger partial charge in [0.05, 0.1) is 20.1 Å². The van der Waals surface area contributed by atoms with E-state index in [9.17, 15) is 0 Å². The molecule has 0 fully saturated rings. The second-order valence-corrected chi connectivity index (χ2v) is 7.86. The third-order valence-electron chi connectivity index (χ3n) is 4.54. The van der Waals surface area contributed by atoms with Crippen LogP contribution in [0.4, 0.5) is 0 Å². The molecule has 0 aliphatic carbocycles. The number of halogens is 1. The molecule has 0 heterocycles. The van der Waals surface area contributed by atoms with Crippen molar-refractivity contribution in [2.75, 3.05) is 32.3 Å². The maximum absolute atomic E-state index is 2.48. The number of hydrogen-bond acceptors (Lipinski definition) is 1. The minimum Gasteiger partial charge on any atom is -1.00 e. The lowest BCUT2D eigenvalue weighted by atomic mass is 10.1. The first kappa shape index (κ1) is 24.8. The van der Waals surface area contributed by atoms with E-state index in [1.54, 1.807) is 0 Å². The van der Waals surface area contributed by atoms with Crippen molar-refractivity contribution in [2.45, 2.75) is 90.9 Å². The fourth-order valence-corrected chi connectivity index (χ4v) is 3.98. The second kappa shape index (κ2) is 17.9. The first-order chi connectivity index (χ1) is 10.2. The van der Waals surface area contributed by atoms with E-state index in [4.69, 9.17) is 0 Å². The van der Waals surface area contributed by atoms with E-state index in [1.165, 1.54) is 100 Å². The number of hydrogen-bond donors (Lipinski definition) is 0. The van der Waals surface area contributed by atoms with Crippen LogP contribution in [-0.2, 0) is 0 Å². The molecule has 0 unspecified atom stereocenters. The van der Waals surface area contributed by atoms with Crippen molar-refractivity contribution in [3.05, 3.63) is 0 Å². The number of unbranched alkanes of at least 4 members (excludes halogenated alkanes) is 10. The van der Waals surface area contributed by atoms with Gasteiger partial charge >= 0.3 is 0 Å². The van der Waals surface area contributed by atoms with Crippen LogP contribution in [0.5, 0.6) is 0 Å². The highest BCUT2D eigenvalue weighted by Crippen LogP contribution is 2.16. The molecule has 0 aliphatic rings. The molecular weight excluding hydrogens is 310 g/mol. The molecule has 0 saturated heterocycles. The Morgan fingerprint density at radius 1 is 0.636 bits per heavy atom. The summed E-state index contributed by atoms with van der Waals surface area (Å²) in [6.07, 6.45) is 19.4. The van der Waals surface area contributed by atoms with Gasteiger partial charge in [-0.15, -0.1) is 11.8 Å². The van der Waals surface area contributed by atoms with Gasteiger partial charge in [0.1, 0.15) is 5.88 Å². The Balaban J connectivity index is 0. The predicted molar refractivity (Wildman–Crippen MR) is 101 cm³/mol. The van der Waals surface area contributed by atoms with Gasteiger partial charge in [-0.25, -0.2) is 0 Å². The van der Waals surface area contributed by atoms with Crippen LogP contribution in [0.25, 0.3) is 0 Å². The van der Waals surface area contributed by atoms with Gasteiger partial charge in [0, 0.05) is 0 Å². The monoisotopic (exact) mass is 351 g/mol. The summed E-state index contributed by atoms with van der Waals surface area (Å²) in [4.78, 5) is 0. The molecule has 0 aromatic carbocycles. The van der Waals surface area contributed by atoms with Crippen molar-refractivity contribution in [2.24, 2.45) is 0 Å². The van der Waals surface area contributed by atoms with Crippen molar-refractivity contribution >= 4 is 11.8 Å². The fourth-order valence-electron chi connectivity index (χ4n) is 3.10. The highest BCUT2D eigenvalue weighted by atomic mass is 35.5. The minimum atomic E-state index is 0. The lowest BCUT2D eigenvalue weighted by Gasteiger charge is -2.34. The third kappa shape index (κ3) is 15.5. The SMILES string of the molecule is CCCCCCCC[N+](C)(CCCCCCCC)CSC.[Cl-]. The molecule has 0 amide bonds. The molecule has 0 aromatic heterocycles. The molecule has 0 atom stereocenters. The molecule has 1 nitrogen and oxygen atoms in total. The number of quaternary nitrogens is 1. The van der Waals surface area contributed by atoms with Crippen molar-refractivity contribution in [1.29, 1.82) is 0 Å². The third-order valence-corrected chi connectivity index (χ3v) is 5.43. The molecule has 0 aromatic rings. The van der Waals surface area contributed by atoms with E-state index >= 15 is 0 Å². The average Bonchev–Trinajstić information content (AvgIpc) is 2.47. The Kier molecular flexibility index (Phi) is 20.3. The van der Waals surface area contributed by atoms with Gasteiger partial charge in [-0.1, -0.05) is 65.2 Å². The van der Waals surface area contributed by atoms with Crippen LogP contribution in [0.1, 0.15) is 90.9 Å². The van der Waals surface area contributed by atoms with Gasteiger partial charge in [-0.3, -0.25) is 0 Å². The van der Waals surface area contributed by atoms with Crippen LogP contribution in [0.15, 0.2) is 0 Å². The molecule has 0 spiro atoms. The fraction of sp³-hybridized carbons (Fsp3) is 1.00. The van der Waals surface area contributed by atoms with E-state index in [0.717, 1.165) is 0 Å². The Morgan fingerprint density at radius 3 is 1.36 bits per heavy atom. The number of rotatable bonds is 16. The normalized spacial score (nSPS) is 11.5. The Labute approximate surface area is 152 Å². The Bertz CT molecular complexity index is 196. The summed E-state index contributed by atoms with van der Waals surface area (Å²) in [6, 6.07) is 0. The highest BCUT2D eigenvalue weighted by Gasteiger charge is 2.19. The Hall–Kier alpha value is 0.600. The van der Waals surface area contributed by atoms with Crippen molar-refractivity contribution in [1.82, 2.24) is 0 Å². The van der Waals surface area contributed by atoms with E-state index in [2.05, 4.69) is 27.2 Å². The Morgan fingerprint density at radius 2 is 1.00 bits per heavy atom. The second-order valence-electron chi connectivity index (χ2n) is 7.02. The number of nitrogens with zero attached hydrogens (tertiary/aromatic N) is 1. The maximum atomic E-state index is 2.48. The van der Waals surface area contributed by atoms with Crippen LogP contribution in [0.3, 0.4) is 0 Å². The summed E-state index contributed by atoms with van der Waals surface area (Å²) in [5, 5.41) is 0. The van der Waals surface area contributed by atoms with E-state index in [0.29, 0.717) is 0 Å². The summed E-state index contributed by atoms with van der Waals surface area (Å²) < 4.78 is 1.29. The highest BCUT2D eigenvalue weighted by molar-refractivity contribution is 7.98. The minimum absolute atomic E-state index is 0. The summed E-state index contributed by atoms with van der Waals surface area (Å²) in [7, 11) is 2.48. The van der Waals surface area contributed by atoms with Crippen LogP contribution in [-0.4, -0.2) is 36.8 Å². The first-order valence-electron chi connectivity index (χ1n) is 9.51. The zero-order chi connectivity index (χ0) is 15.8. The predicted octanol–water partition coefficient (Wildman–Crippen LogP) is 3.48. The van der Waals surface area contributed by atoms with Gasteiger partial charge in [-0.2, -0.15) is 0 Å². The average molecular weight is 352 g/mol. The quantitative estimate of drug-likeness (QED) is 0.233. The molecule has 0 bridgehead atoms. The van der Waals surface area contributed by atoms with Crippen LogP contribution in [0, 0.1) is 0 Å². The molecule has 3 heteroatoms. The van der Waals surface area contributed by atoms with Crippen molar-refractivity contribution in [3.8, 4) is 0 Å². The molecule has 0 N–H and O–H groups in total. The molecule has 22 heavy (non-hydrogen) atoms. The molecule has 136 valence electrons. The van der Waals surface area contributed by atoms with E-state index in [-0.39, 0.29) is 12.4 Å². The molecule has 0 saturated carbocycles. The van der Waals surface area contributed by atoms with E-state index in [1.807, 2.05) is 11.8 Å². The van der Waals surface area contributed by atoms with Gasteiger partial charge in [0.25, 0.3) is 0 Å². The number of thioether (sulfide) groups is 1. The lowest BCUT2D eigenvalue weighted by molar-refractivity contribution is -0.897. The summed E-state index contributed by atoms with van der Waals surface area (Å²) in [6.45, 7) is 7.38. The summed E-state index contributed by atoms with van der Waals surface area (Å²) >= 11 is 2.02. The van der Waals surface area contributed by atoms with Gasteiger partial charge in [0.15, 0.2) is 0 Å². The van der Waals surface area contributed by atoms with Crippen molar-refractivity contribution < 1.29 is 16.9 Å². The zero-order valence-corrected chi connectivity index (χ0v) is 17.4. The molecule has 0 aliphatic heterocycles. The lowest BCUT2D eigenvalue weighted by Crippen LogP contribution is -3.00. The first-order valence-corrected chi connectivity index (χ1v) is 10.9. The van der Waals surface area contributed by atoms with Crippen LogP contribution >= 0.6 is 11.8 Å². The van der Waals surface area contributed by atoms with Crippen LogP contribution in [0.2, 0.25) is 0 Å². The molecule has 0 rings (SSSR count). The summed E-state index contributed by atoms with van der Waals surface area (Å²) in [5.41, 5.74) is 0. The molecule has 0 radical (unpaired) electrons. The van der Waals surface area contributed by atoms with Crippen LogP contribution < -0.4 is 12.4 Å². The largest absolute Gasteiger partial charge is 1.00 e. The van der Waals surface area contributed by atoms with Gasteiger partial charge < -0.3 is 16.9 Å². The zero-order valence-electron chi connectivity index (χ0n) is 15.8. The van der Waals surface area contributed by atoms with Gasteiger partial charge in [0.2, 0.25) is 0 Å². The topological polar surface area (TPSA) is 0 Å².